The number of nitrogens with zero attached hydrogens (tertiary/aromatic N) is 1. The lowest BCUT2D eigenvalue weighted by Gasteiger charge is -2.15. The largest absolute Gasteiger partial charge is 0.355 e. The first-order valence-electron chi connectivity index (χ1n) is 6.65. The van der Waals surface area contributed by atoms with E-state index in [1.807, 2.05) is 36.4 Å². The minimum Gasteiger partial charge on any atom is -0.355 e. The van der Waals surface area contributed by atoms with Crippen LogP contribution < -0.4 is 5.32 Å². The van der Waals surface area contributed by atoms with Gasteiger partial charge in [-0.15, -0.1) is 11.3 Å². The number of amides is 1. The summed E-state index contributed by atoms with van der Waals surface area (Å²) in [5, 5.41) is 4.75. The average Bonchev–Trinajstić information content (AvgIpc) is 2.90. The first kappa shape index (κ1) is 15.9. The number of thiophene rings is 1. The number of likely N-dealkylation sites (N-methyl/N-ethyl adjacent to an activating group) is 1. The molecule has 0 unspecified atom stereocenters. The van der Waals surface area contributed by atoms with E-state index >= 15 is 0 Å². The normalized spacial score (nSPS) is 10.7. The van der Waals surface area contributed by atoms with Crippen LogP contribution in [0.5, 0.6) is 0 Å². The lowest BCUT2D eigenvalue weighted by molar-refractivity contribution is -0.121. The predicted molar refractivity (Wildman–Crippen MR) is 78.7 cm³/mol. The fourth-order valence-electron chi connectivity index (χ4n) is 1.71. The average molecular weight is 282 g/mol. The van der Waals surface area contributed by atoms with Crippen molar-refractivity contribution < 1.29 is 9.59 Å². The molecule has 1 aromatic heterocycles. The number of hydrogen-bond donors (Lipinski definition) is 1. The van der Waals surface area contributed by atoms with Gasteiger partial charge in [0.15, 0.2) is 5.78 Å². The second-order valence-corrected chi connectivity index (χ2v) is 5.54. The highest BCUT2D eigenvalue weighted by Crippen LogP contribution is 2.12. The maximum atomic E-state index is 11.8. The van der Waals surface area contributed by atoms with Gasteiger partial charge in [-0.1, -0.05) is 13.0 Å². The van der Waals surface area contributed by atoms with Crippen molar-refractivity contribution in [3.8, 4) is 0 Å². The summed E-state index contributed by atoms with van der Waals surface area (Å²) >= 11 is 1.48. The monoisotopic (exact) mass is 282 g/mol. The van der Waals surface area contributed by atoms with Gasteiger partial charge in [-0.25, -0.2) is 0 Å². The Balaban J connectivity index is 2.15. The van der Waals surface area contributed by atoms with Crippen LogP contribution in [0.15, 0.2) is 17.5 Å². The molecular formula is C14H22N2O2S. The van der Waals surface area contributed by atoms with Crippen molar-refractivity contribution in [3.63, 3.8) is 0 Å². The molecule has 4 nitrogen and oxygen atoms in total. The minimum absolute atomic E-state index is 0.0499. The molecule has 5 heteroatoms. The van der Waals surface area contributed by atoms with E-state index in [-0.39, 0.29) is 11.7 Å². The van der Waals surface area contributed by atoms with Gasteiger partial charge in [-0.3, -0.25) is 14.5 Å². The van der Waals surface area contributed by atoms with Gasteiger partial charge in [0.25, 0.3) is 0 Å². The van der Waals surface area contributed by atoms with Crippen LogP contribution >= 0.6 is 11.3 Å². The maximum absolute atomic E-state index is 11.8. The molecule has 106 valence electrons. The molecule has 0 radical (unpaired) electrons. The van der Waals surface area contributed by atoms with Crippen LogP contribution in [0.3, 0.4) is 0 Å². The number of carbonyl (C=O) groups is 2. The molecule has 0 aliphatic rings. The molecule has 1 aromatic rings. The van der Waals surface area contributed by atoms with E-state index in [0.29, 0.717) is 13.0 Å². The van der Waals surface area contributed by atoms with Gasteiger partial charge >= 0.3 is 0 Å². The zero-order valence-electron chi connectivity index (χ0n) is 11.6. The Kier molecular flexibility index (Phi) is 7.36. The van der Waals surface area contributed by atoms with Gasteiger partial charge in [0, 0.05) is 13.0 Å². The van der Waals surface area contributed by atoms with Crippen LogP contribution in [0.4, 0.5) is 0 Å². The number of Topliss-reactive ketones (excluding diaryl/α,β-unsaturated/α-hetero) is 1. The Hall–Kier alpha value is -1.20. The van der Waals surface area contributed by atoms with Gasteiger partial charge in [-0.2, -0.15) is 0 Å². The molecule has 0 spiro atoms. The molecule has 0 atom stereocenters. The zero-order valence-corrected chi connectivity index (χ0v) is 12.5. The molecule has 0 saturated carbocycles. The summed E-state index contributed by atoms with van der Waals surface area (Å²) < 4.78 is 0. The zero-order chi connectivity index (χ0) is 14.1. The van der Waals surface area contributed by atoms with Crippen LogP contribution in [0.2, 0.25) is 0 Å². The number of rotatable bonds is 9. The summed E-state index contributed by atoms with van der Waals surface area (Å²) in [6.07, 6.45) is 2.28. The summed E-state index contributed by atoms with van der Waals surface area (Å²) in [5.41, 5.74) is 0. The highest BCUT2D eigenvalue weighted by atomic mass is 32.1. The summed E-state index contributed by atoms with van der Waals surface area (Å²) in [6, 6.07) is 3.75. The third kappa shape index (κ3) is 6.50. The van der Waals surface area contributed by atoms with Gasteiger partial charge in [0.1, 0.15) is 0 Å². The standard InChI is InChI=1S/C14H22N2O2S/c1-3-8-15-14(18)11-16(2)9-4-6-12(17)13-7-5-10-19-13/h5,7,10H,3-4,6,8-9,11H2,1-2H3,(H,15,18). The lowest BCUT2D eigenvalue weighted by atomic mass is 10.2. The van der Waals surface area contributed by atoms with Gasteiger partial charge in [-0.05, 0) is 37.9 Å². The lowest BCUT2D eigenvalue weighted by Crippen LogP contribution is -2.36. The van der Waals surface area contributed by atoms with E-state index in [0.717, 1.165) is 30.8 Å². The fraction of sp³-hybridized carbons (Fsp3) is 0.571. The van der Waals surface area contributed by atoms with Gasteiger partial charge in [0.2, 0.25) is 5.91 Å². The second kappa shape index (κ2) is 8.82. The van der Waals surface area contributed by atoms with E-state index < -0.39 is 0 Å². The number of carbonyl (C=O) groups excluding carboxylic acids is 2. The predicted octanol–water partition coefficient (Wildman–Crippen LogP) is 2.17. The topological polar surface area (TPSA) is 49.4 Å². The van der Waals surface area contributed by atoms with Crippen LogP contribution in [0, 0.1) is 0 Å². The Labute approximate surface area is 118 Å². The quantitative estimate of drug-likeness (QED) is 0.706. The number of nitrogens with one attached hydrogen (secondary N) is 1. The smallest absolute Gasteiger partial charge is 0.234 e. The SMILES string of the molecule is CCCNC(=O)CN(C)CCCC(=O)c1cccs1. The number of hydrogen-bond acceptors (Lipinski definition) is 4. The summed E-state index contributed by atoms with van der Waals surface area (Å²) in [6.45, 7) is 3.91. The minimum atomic E-state index is 0.0499. The highest BCUT2D eigenvalue weighted by molar-refractivity contribution is 7.12. The van der Waals surface area contributed by atoms with Crippen molar-refractivity contribution >= 4 is 23.0 Å². The van der Waals surface area contributed by atoms with Gasteiger partial charge in [0.05, 0.1) is 11.4 Å². The summed E-state index contributed by atoms with van der Waals surface area (Å²) in [7, 11) is 1.90. The second-order valence-electron chi connectivity index (χ2n) is 4.59. The third-order valence-electron chi connectivity index (χ3n) is 2.73. The maximum Gasteiger partial charge on any atom is 0.234 e. The molecule has 0 fully saturated rings. The Morgan fingerprint density at radius 2 is 2.21 bits per heavy atom. The molecule has 1 heterocycles. The molecule has 1 N–H and O–H groups in total. The van der Waals surface area contributed by atoms with Crippen molar-refractivity contribution in [2.75, 3.05) is 26.7 Å². The first-order valence-corrected chi connectivity index (χ1v) is 7.53. The van der Waals surface area contributed by atoms with E-state index in [4.69, 9.17) is 0 Å². The Morgan fingerprint density at radius 1 is 1.42 bits per heavy atom. The van der Waals surface area contributed by atoms with Crippen molar-refractivity contribution in [1.29, 1.82) is 0 Å². The van der Waals surface area contributed by atoms with Gasteiger partial charge < -0.3 is 5.32 Å². The fourth-order valence-corrected chi connectivity index (χ4v) is 2.41. The molecule has 1 rings (SSSR count). The molecule has 0 bridgehead atoms. The van der Waals surface area contributed by atoms with Crippen molar-refractivity contribution in [3.05, 3.63) is 22.4 Å². The van der Waals surface area contributed by atoms with Crippen LogP contribution in [0.25, 0.3) is 0 Å². The molecule has 19 heavy (non-hydrogen) atoms. The van der Waals surface area contributed by atoms with Crippen LogP contribution in [0.1, 0.15) is 35.9 Å². The molecule has 1 amide bonds. The van der Waals surface area contributed by atoms with Crippen LogP contribution in [-0.4, -0.2) is 43.3 Å². The molecule has 0 aromatic carbocycles. The molecular weight excluding hydrogens is 260 g/mol. The molecule has 0 saturated heterocycles. The first-order chi connectivity index (χ1) is 9.13. The van der Waals surface area contributed by atoms with E-state index in [9.17, 15) is 9.59 Å². The van der Waals surface area contributed by atoms with Crippen molar-refractivity contribution in [2.24, 2.45) is 0 Å². The summed E-state index contributed by atoms with van der Waals surface area (Å²) in [4.78, 5) is 26.0. The van der Waals surface area contributed by atoms with Crippen LogP contribution in [-0.2, 0) is 4.79 Å². The third-order valence-corrected chi connectivity index (χ3v) is 3.64. The molecule has 0 aliphatic carbocycles. The van der Waals surface area contributed by atoms with Crippen molar-refractivity contribution in [2.45, 2.75) is 26.2 Å². The molecule has 0 aliphatic heterocycles. The van der Waals surface area contributed by atoms with E-state index in [1.54, 1.807) is 0 Å². The highest BCUT2D eigenvalue weighted by Gasteiger charge is 2.09. The Bertz CT molecular complexity index is 390. The van der Waals surface area contributed by atoms with Crippen molar-refractivity contribution in [1.82, 2.24) is 10.2 Å². The van der Waals surface area contributed by atoms with E-state index in [2.05, 4.69) is 5.32 Å². The van der Waals surface area contributed by atoms with E-state index in [1.165, 1.54) is 11.3 Å². The Morgan fingerprint density at radius 3 is 2.84 bits per heavy atom. The summed E-state index contributed by atoms with van der Waals surface area (Å²) in [5.74, 6) is 0.243. The number of ketones is 1.